The molecule has 1 aliphatic heterocycles. The van der Waals surface area contributed by atoms with E-state index < -0.39 is 0 Å². The number of hydrogen-bond donors (Lipinski definition) is 1. The first-order valence-corrected chi connectivity index (χ1v) is 13.9. The average molecular weight is 511 g/mol. The first-order valence-electron chi connectivity index (χ1n) is 13.9. The summed E-state index contributed by atoms with van der Waals surface area (Å²) in [6.07, 6.45) is 11.2. The van der Waals surface area contributed by atoms with E-state index in [1.807, 2.05) is 42.5 Å². The molecule has 2 N–H and O–H groups in total. The standard InChI is InChI=1S/C31H38N6O/c1-35(2)25-7-6-18-36(19-25)23-12-14-24(15-13-23)37-20-28(29-30(32)33-21-34-31(29)37)22-10-16-27(17-11-22)38-26-8-4-3-5-9-26/h3-5,8-11,16-17,20-21,23-25H,6-7,12-15,18-19H2,1-2H3,(H2,32,33,34). The molecule has 38 heavy (non-hydrogen) atoms. The fourth-order valence-corrected chi connectivity index (χ4v) is 6.37. The van der Waals surface area contributed by atoms with Crippen LogP contribution in [0.3, 0.4) is 0 Å². The summed E-state index contributed by atoms with van der Waals surface area (Å²) in [4.78, 5) is 14.2. The van der Waals surface area contributed by atoms with E-state index in [9.17, 15) is 0 Å². The zero-order chi connectivity index (χ0) is 26.1. The van der Waals surface area contributed by atoms with E-state index >= 15 is 0 Å². The van der Waals surface area contributed by atoms with Gasteiger partial charge < -0.3 is 19.9 Å². The number of nitrogens with two attached hydrogens (primary N) is 1. The number of hydrogen-bond acceptors (Lipinski definition) is 6. The van der Waals surface area contributed by atoms with Crippen LogP contribution < -0.4 is 10.5 Å². The van der Waals surface area contributed by atoms with Gasteiger partial charge in [-0.25, -0.2) is 9.97 Å². The third-order valence-electron chi connectivity index (χ3n) is 8.52. The molecule has 2 aliphatic rings. The molecule has 1 saturated carbocycles. The van der Waals surface area contributed by atoms with Crippen LogP contribution in [0.25, 0.3) is 22.2 Å². The topological polar surface area (TPSA) is 72.4 Å². The largest absolute Gasteiger partial charge is 0.457 e. The van der Waals surface area contributed by atoms with Gasteiger partial charge in [0.25, 0.3) is 0 Å². The lowest BCUT2D eigenvalue weighted by Crippen LogP contribution is -2.50. The summed E-state index contributed by atoms with van der Waals surface area (Å²) < 4.78 is 8.37. The molecule has 0 spiro atoms. The Morgan fingerprint density at radius 2 is 1.58 bits per heavy atom. The Hall–Kier alpha value is -3.42. The van der Waals surface area contributed by atoms with Crippen molar-refractivity contribution in [2.24, 2.45) is 0 Å². The van der Waals surface area contributed by atoms with Gasteiger partial charge in [-0.1, -0.05) is 30.3 Å². The third-order valence-corrected chi connectivity index (χ3v) is 8.52. The van der Waals surface area contributed by atoms with Gasteiger partial charge in [0, 0.05) is 36.4 Å². The Balaban J connectivity index is 1.22. The summed E-state index contributed by atoms with van der Waals surface area (Å²) in [6.45, 7) is 2.44. The minimum atomic E-state index is 0.423. The smallest absolute Gasteiger partial charge is 0.146 e. The molecular formula is C31H38N6O. The molecule has 4 aromatic rings. The molecule has 198 valence electrons. The van der Waals surface area contributed by atoms with Gasteiger partial charge in [-0.3, -0.25) is 4.90 Å². The molecule has 1 saturated heterocycles. The molecule has 6 rings (SSSR count). The Labute approximate surface area is 225 Å². The monoisotopic (exact) mass is 510 g/mol. The maximum absolute atomic E-state index is 6.43. The van der Waals surface area contributed by atoms with Crippen molar-refractivity contribution < 1.29 is 4.74 Å². The number of nitrogens with zero attached hydrogens (tertiary/aromatic N) is 5. The summed E-state index contributed by atoms with van der Waals surface area (Å²) in [6, 6.07) is 19.9. The molecule has 1 aliphatic carbocycles. The van der Waals surface area contributed by atoms with Crippen LogP contribution >= 0.6 is 0 Å². The highest BCUT2D eigenvalue weighted by Gasteiger charge is 2.31. The summed E-state index contributed by atoms with van der Waals surface area (Å²) in [7, 11) is 4.44. The second kappa shape index (κ2) is 10.8. The predicted molar refractivity (Wildman–Crippen MR) is 153 cm³/mol. The first kappa shape index (κ1) is 24.9. The number of anilines is 1. The predicted octanol–water partition coefficient (Wildman–Crippen LogP) is 5.98. The highest BCUT2D eigenvalue weighted by Crippen LogP contribution is 2.39. The number of nitrogen functional groups attached to an aromatic ring is 1. The van der Waals surface area contributed by atoms with Crippen LogP contribution in [0.15, 0.2) is 67.1 Å². The zero-order valence-corrected chi connectivity index (χ0v) is 22.5. The van der Waals surface area contributed by atoms with Gasteiger partial charge in [-0.05, 0) is 89.0 Å². The lowest BCUT2D eigenvalue weighted by atomic mass is 9.88. The molecule has 1 unspecified atom stereocenters. The van der Waals surface area contributed by atoms with Crippen molar-refractivity contribution in [1.82, 2.24) is 24.3 Å². The maximum Gasteiger partial charge on any atom is 0.146 e. The van der Waals surface area contributed by atoms with E-state index in [-0.39, 0.29) is 0 Å². The van der Waals surface area contributed by atoms with Crippen LogP contribution in [-0.4, -0.2) is 63.6 Å². The van der Waals surface area contributed by atoms with Crippen LogP contribution in [0.4, 0.5) is 5.82 Å². The van der Waals surface area contributed by atoms with E-state index in [1.165, 1.54) is 38.8 Å². The van der Waals surface area contributed by atoms with Gasteiger partial charge >= 0.3 is 0 Å². The molecule has 7 nitrogen and oxygen atoms in total. The van der Waals surface area contributed by atoms with E-state index in [4.69, 9.17) is 15.5 Å². The number of piperidine rings is 1. The molecule has 3 heterocycles. The lowest BCUT2D eigenvalue weighted by molar-refractivity contribution is 0.0713. The highest BCUT2D eigenvalue weighted by molar-refractivity contribution is 6.00. The minimum absolute atomic E-state index is 0.423. The third kappa shape index (κ3) is 5.00. The normalized spacial score (nSPS) is 22.7. The van der Waals surface area contributed by atoms with Crippen molar-refractivity contribution in [2.45, 2.75) is 56.7 Å². The average Bonchev–Trinajstić information content (AvgIpc) is 3.35. The maximum atomic E-state index is 6.43. The molecule has 2 aromatic heterocycles. The Morgan fingerprint density at radius 1 is 0.868 bits per heavy atom. The summed E-state index contributed by atoms with van der Waals surface area (Å²) in [5.41, 5.74) is 9.53. The Morgan fingerprint density at radius 3 is 2.32 bits per heavy atom. The van der Waals surface area contributed by atoms with Crippen LogP contribution in [0.2, 0.25) is 0 Å². The molecule has 0 bridgehead atoms. The molecule has 7 heteroatoms. The minimum Gasteiger partial charge on any atom is -0.457 e. The number of ether oxygens (including phenoxy) is 1. The number of fused-ring (bicyclic) bond motifs is 1. The van der Waals surface area contributed by atoms with Crippen LogP contribution in [0.5, 0.6) is 11.5 Å². The fourth-order valence-electron chi connectivity index (χ4n) is 6.37. The van der Waals surface area contributed by atoms with E-state index in [0.717, 1.165) is 46.5 Å². The van der Waals surface area contributed by atoms with Crippen LogP contribution in [0, 0.1) is 0 Å². The molecule has 2 aromatic carbocycles. The van der Waals surface area contributed by atoms with Crippen molar-refractivity contribution in [3.05, 3.63) is 67.1 Å². The van der Waals surface area contributed by atoms with Crippen molar-refractivity contribution in [1.29, 1.82) is 0 Å². The summed E-state index contributed by atoms with van der Waals surface area (Å²) in [5, 5.41) is 0.941. The van der Waals surface area contributed by atoms with Crippen LogP contribution in [-0.2, 0) is 0 Å². The van der Waals surface area contributed by atoms with Gasteiger partial charge in [0.2, 0.25) is 0 Å². The highest BCUT2D eigenvalue weighted by atomic mass is 16.5. The second-order valence-electron chi connectivity index (χ2n) is 11.1. The lowest BCUT2D eigenvalue weighted by Gasteiger charge is -2.43. The van der Waals surface area contributed by atoms with Gasteiger partial charge in [0.15, 0.2) is 0 Å². The van der Waals surface area contributed by atoms with E-state index in [2.05, 4.69) is 51.8 Å². The molecule has 0 radical (unpaired) electrons. The van der Waals surface area contributed by atoms with E-state index in [1.54, 1.807) is 6.33 Å². The van der Waals surface area contributed by atoms with Gasteiger partial charge in [0.05, 0.1) is 5.39 Å². The van der Waals surface area contributed by atoms with Crippen molar-refractivity contribution in [3.63, 3.8) is 0 Å². The van der Waals surface area contributed by atoms with Crippen LogP contribution in [0.1, 0.15) is 44.6 Å². The zero-order valence-electron chi connectivity index (χ0n) is 22.5. The number of likely N-dealkylation sites (tertiary alicyclic amines) is 1. The Bertz CT molecular complexity index is 1360. The van der Waals surface area contributed by atoms with E-state index in [0.29, 0.717) is 23.9 Å². The SMILES string of the molecule is CN(C)C1CCCN(C2CCC(n3cc(-c4ccc(Oc5ccccc5)cc4)c4c(N)ncnc43)CC2)C1. The second-order valence-corrected chi connectivity index (χ2v) is 11.1. The van der Waals surface area contributed by atoms with Gasteiger partial charge in [0.1, 0.15) is 29.3 Å². The molecular weight excluding hydrogens is 472 g/mol. The summed E-state index contributed by atoms with van der Waals surface area (Å²) in [5.74, 6) is 2.16. The van der Waals surface area contributed by atoms with Gasteiger partial charge in [-0.2, -0.15) is 0 Å². The summed E-state index contributed by atoms with van der Waals surface area (Å²) >= 11 is 0. The number of aromatic nitrogens is 3. The number of likely N-dealkylation sites (N-methyl/N-ethyl adjacent to an activating group) is 1. The van der Waals surface area contributed by atoms with Crippen molar-refractivity contribution in [3.8, 4) is 22.6 Å². The first-order chi connectivity index (χ1) is 18.6. The molecule has 1 atom stereocenters. The number of benzene rings is 2. The number of rotatable bonds is 6. The van der Waals surface area contributed by atoms with Crippen molar-refractivity contribution >= 4 is 16.9 Å². The molecule has 0 amide bonds. The number of para-hydroxylation sites is 1. The quantitative estimate of drug-likeness (QED) is 0.344. The van der Waals surface area contributed by atoms with Crippen molar-refractivity contribution in [2.75, 3.05) is 32.9 Å². The fraction of sp³-hybridized carbons (Fsp3) is 0.419. The Kier molecular flexibility index (Phi) is 7.04. The molecule has 2 fully saturated rings. The van der Waals surface area contributed by atoms with Gasteiger partial charge in [-0.15, -0.1) is 0 Å².